The fourth-order valence-corrected chi connectivity index (χ4v) is 3.01. The number of benzene rings is 2. The molecule has 0 saturated carbocycles. The van der Waals surface area contributed by atoms with Gasteiger partial charge in [0.2, 0.25) is 6.79 Å². The van der Waals surface area contributed by atoms with Crippen LogP contribution in [0, 0.1) is 17.0 Å². The van der Waals surface area contributed by atoms with Crippen molar-refractivity contribution in [1.29, 1.82) is 0 Å². The molecule has 0 bridgehead atoms. The highest BCUT2D eigenvalue weighted by molar-refractivity contribution is 5.98. The van der Waals surface area contributed by atoms with Gasteiger partial charge in [0.1, 0.15) is 0 Å². The van der Waals surface area contributed by atoms with Gasteiger partial charge >= 0.3 is 0 Å². The summed E-state index contributed by atoms with van der Waals surface area (Å²) in [6, 6.07) is 9.40. The number of aryl methyl sites for hydroxylation is 1. The average molecular weight is 339 g/mol. The van der Waals surface area contributed by atoms with Gasteiger partial charge in [-0.2, -0.15) is 0 Å². The molecule has 0 radical (unpaired) electrons. The quantitative estimate of drug-likeness (QED) is 0.436. The molecule has 0 unspecified atom stereocenters. The Hall–Kier alpha value is -3.55. The molecule has 0 aliphatic carbocycles. The van der Waals surface area contributed by atoms with E-state index >= 15 is 0 Å². The van der Waals surface area contributed by atoms with Gasteiger partial charge in [0.25, 0.3) is 11.2 Å². The van der Waals surface area contributed by atoms with Crippen LogP contribution in [0.4, 0.5) is 5.69 Å². The van der Waals surface area contributed by atoms with Crippen LogP contribution in [0.2, 0.25) is 0 Å². The van der Waals surface area contributed by atoms with Crippen LogP contribution in [0.3, 0.4) is 0 Å². The zero-order valence-corrected chi connectivity index (χ0v) is 13.2. The Labute approximate surface area is 141 Å². The first-order valence-corrected chi connectivity index (χ1v) is 7.46. The summed E-state index contributed by atoms with van der Waals surface area (Å²) in [5.74, 6) is 7.16. The summed E-state index contributed by atoms with van der Waals surface area (Å²) in [7, 11) is 0. The maximum atomic E-state index is 12.5. The number of hydrogen-bond acceptors (Lipinski definition) is 6. The van der Waals surface area contributed by atoms with Gasteiger partial charge in [0.15, 0.2) is 11.5 Å². The molecule has 1 aliphatic heterocycles. The molecule has 0 amide bonds. The number of ether oxygens (including phenoxy) is 2. The fourth-order valence-electron chi connectivity index (χ4n) is 3.01. The van der Waals surface area contributed by atoms with Gasteiger partial charge in [0.05, 0.1) is 10.6 Å². The van der Waals surface area contributed by atoms with Crippen LogP contribution in [-0.2, 0) is 0 Å². The standard InChI is InChI=1S/C17H13N3O5/c1-9-12-6-14-15(25-8-24-14)7-13(12)16(19(18)17(9)21)10-2-4-11(5-3-10)20(22)23/h2-7H,8,18H2,1H3. The van der Waals surface area contributed by atoms with Crippen molar-refractivity contribution in [3.05, 3.63) is 62.4 Å². The largest absolute Gasteiger partial charge is 0.454 e. The van der Waals surface area contributed by atoms with E-state index in [1.807, 2.05) is 0 Å². The van der Waals surface area contributed by atoms with Crippen LogP contribution in [0.15, 0.2) is 41.2 Å². The van der Waals surface area contributed by atoms with Crippen molar-refractivity contribution in [1.82, 2.24) is 4.68 Å². The van der Waals surface area contributed by atoms with Crippen LogP contribution in [0.5, 0.6) is 11.5 Å². The molecule has 0 spiro atoms. The van der Waals surface area contributed by atoms with E-state index in [4.69, 9.17) is 15.3 Å². The maximum Gasteiger partial charge on any atom is 0.272 e. The number of nitrogens with two attached hydrogens (primary N) is 1. The summed E-state index contributed by atoms with van der Waals surface area (Å²) < 4.78 is 11.9. The van der Waals surface area contributed by atoms with Crippen LogP contribution in [-0.4, -0.2) is 16.4 Å². The van der Waals surface area contributed by atoms with Crippen LogP contribution in [0.1, 0.15) is 5.56 Å². The van der Waals surface area contributed by atoms with E-state index in [1.165, 1.54) is 12.1 Å². The molecule has 1 aromatic heterocycles. The number of nitro groups is 1. The SMILES string of the molecule is Cc1c(=O)n(N)c(-c2ccc([N+](=O)[O-])cc2)c2cc3c(cc12)OCO3. The van der Waals surface area contributed by atoms with Crippen LogP contribution >= 0.6 is 0 Å². The number of non-ortho nitro benzene ring substituents is 1. The van der Waals surface area contributed by atoms with Gasteiger partial charge in [-0.05, 0) is 36.6 Å². The molecule has 2 heterocycles. The van der Waals surface area contributed by atoms with E-state index < -0.39 is 4.92 Å². The Kier molecular flexibility index (Phi) is 3.14. The second-order valence-corrected chi connectivity index (χ2v) is 5.70. The highest BCUT2D eigenvalue weighted by Gasteiger charge is 2.21. The molecule has 0 atom stereocenters. The van der Waals surface area contributed by atoms with E-state index in [1.54, 1.807) is 31.2 Å². The molecule has 0 saturated heterocycles. The molecule has 2 aromatic carbocycles. The van der Waals surface area contributed by atoms with E-state index in [0.29, 0.717) is 39.1 Å². The molecule has 4 rings (SSSR count). The summed E-state index contributed by atoms with van der Waals surface area (Å²) in [5, 5.41) is 12.3. The number of nitro benzene ring substituents is 1. The molecule has 8 heteroatoms. The van der Waals surface area contributed by atoms with Gasteiger partial charge in [-0.15, -0.1) is 0 Å². The monoisotopic (exact) mass is 339 g/mol. The van der Waals surface area contributed by atoms with E-state index in [9.17, 15) is 14.9 Å². The summed E-state index contributed by atoms with van der Waals surface area (Å²) in [6.07, 6.45) is 0. The summed E-state index contributed by atoms with van der Waals surface area (Å²) >= 11 is 0. The molecule has 25 heavy (non-hydrogen) atoms. The van der Waals surface area contributed by atoms with Crippen molar-refractivity contribution in [2.45, 2.75) is 6.92 Å². The number of nitrogen functional groups attached to an aromatic ring is 1. The molecule has 8 nitrogen and oxygen atoms in total. The predicted molar refractivity (Wildman–Crippen MR) is 91.3 cm³/mol. The third-order valence-electron chi connectivity index (χ3n) is 4.30. The van der Waals surface area contributed by atoms with Crippen molar-refractivity contribution >= 4 is 16.5 Å². The minimum absolute atomic E-state index is 0.0382. The lowest BCUT2D eigenvalue weighted by molar-refractivity contribution is -0.384. The van der Waals surface area contributed by atoms with Gasteiger partial charge in [0, 0.05) is 28.6 Å². The number of aromatic nitrogens is 1. The lowest BCUT2D eigenvalue weighted by Crippen LogP contribution is -2.30. The van der Waals surface area contributed by atoms with E-state index in [2.05, 4.69) is 0 Å². The predicted octanol–water partition coefficient (Wildman–Crippen LogP) is 2.33. The van der Waals surface area contributed by atoms with Crippen molar-refractivity contribution in [2.24, 2.45) is 0 Å². The van der Waals surface area contributed by atoms with Crippen molar-refractivity contribution < 1.29 is 14.4 Å². The van der Waals surface area contributed by atoms with Crippen LogP contribution in [0.25, 0.3) is 22.0 Å². The Morgan fingerprint density at radius 2 is 1.72 bits per heavy atom. The average Bonchev–Trinajstić information content (AvgIpc) is 3.06. The Bertz CT molecular complexity index is 1090. The third kappa shape index (κ3) is 2.18. The van der Waals surface area contributed by atoms with Crippen molar-refractivity contribution in [3.8, 4) is 22.8 Å². The van der Waals surface area contributed by atoms with E-state index in [-0.39, 0.29) is 18.0 Å². The van der Waals surface area contributed by atoms with E-state index in [0.717, 1.165) is 4.68 Å². The molecule has 3 aromatic rings. The number of hydrogen-bond donors (Lipinski definition) is 1. The summed E-state index contributed by atoms with van der Waals surface area (Å²) in [6.45, 7) is 1.81. The number of rotatable bonds is 2. The molecule has 126 valence electrons. The zero-order chi connectivity index (χ0) is 17.7. The number of fused-ring (bicyclic) bond motifs is 2. The minimum atomic E-state index is -0.482. The van der Waals surface area contributed by atoms with Gasteiger partial charge < -0.3 is 15.3 Å². The lowest BCUT2D eigenvalue weighted by atomic mass is 10.00. The highest BCUT2D eigenvalue weighted by atomic mass is 16.7. The smallest absolute Gasteiger partial charge is 0.272 e. The third-order valence-corrected chi connectivity index (χ3v) is 4.30. The Morgan fingerprint density at radius 1 is 1.12 bits per heavy atom. The topological polar surface area (TPSA) is 110 Å². The molecule has 1 aliphatic rings. The first-order chi connectivity index (χ1) is 12.0. The van der Waals surface area contributed by atoms with Crippen LogP contribution < -0.4 is 20.9 Å². The normalized spacial score (nSPS) is 12.5. The summed E-state index contributed by atoms with van der Waals surface area (Å²) in [5.41, 5.74) is 1.15. The summed E-state index contributed by atoms with van der Waals surface area (Å²) in [4.78, 5) is 22.9. The highest BCUT2D eigenvalue weighted by Crippen LogP contribution is 2.39. The lowest BCUT2D eigenvalue weighted by Gasteiger charge is -2.14. The second-order valence-electron chi connectivity index (χ2n) is 5.70. The number of pyridine rings is 1. The van der Waals surface area contributed by atoms with Gasteiger partial charge in [-0.3, -0.25) is 14.9 Å². The first-order valence-electron chi connectivity index (χ1n) is 7.46. The zero-order valence-electron chi connectivity index (χ0n) is 13.2. The second kappa shape index (κ2) is 5.23. The minimum Gasteiger partial charge on any atom is -0.454 e. The van der Waals surface area contributed by atoms with Crippen molar-refractivity contribution in [2.75, 3.05) is 12.6 Å². The molecule has 0 fully saturated rings. The van der Waals surface area contributed by atoms with Crippen molar-refractivity contribution in [3.63, 3.8) is 0 Å². The maximum absolute atomic E-state index is 12.5. The molecule has 2 N–H and O–H groups in total. The van der Waals surface area contributed by atoms with Gasteiger partial charge in [-0.1, -0.05) is 0 Å². The molecular formula is C17H13N3O5. The molecular weight excluding hydrogens is 326 g/mol. The van der Waals surface area contributed by atoms with Gasteiger partial charge in [-0.25, -0.2) is 4.68 Å². The Balaban J connectivity index is 2.05. The number of nitrogens with zero attached hydrogens (tertiary/aromatic N) is 2. The first kappa shape index (κ1) is 15.0. The Morgan fingerprint density at radius 3 is 2.32 bits per heavy atom. The fraction of sp³-hybridized carbons (Fsp3) is 0.118.